The fourth-order valence-electron chi connectivity index (χ4n) is 3.54. The van der Waals surface area contributed by atoms with E-state index in [-0.39, 0.29) is 5.91 Å². The number of amides is 1. The van der Waals surface area contributed by atoms with Crippen LogP contribution >= 0.6 is 11.8 Å². The van der Waals surface area contributed by atoms with Gasteiger partial charge in [-0.25, -0.2) is 4.98 Å². The molecule has 2 aromatic carbocycles. The first-order valence-corrected chi connectivity index (χ1v) is 11.5. The average molecular weight is 434 g/mol. The number of thioether (sulfide) groups is 1. The Balaban J connectivity index is 1.53. The monoisotopic (exact) mass is 433 g/mol. The van der Waals surface area contributed by atoms with Crippen molar-refractivity contribution in [3.8, 4) is 0 Å². The molecule has 1 aromatic heterocycles. The SMILES string of the molecule is CCSc1nc2c(n1Cc1ccc(C(=O)Nc3ccccc3N)cc1)NCC/C=C\C2. The third kappa shape index (κ3) is 4.94. The maximum absolute atomic E-state index is 12.6. The van der Waals surface area contributed by atoms with Crippen molar-refractivity contribution in [1.29, 1.82) is 0 Å². The second-order valence-corrected chi connectivity index (χ2v) is 8.57. The molecule has 0 radical (unpaired) electrons. The molecule has 0 atom stereocenters. The molecule has 0 saturated carbocycles. The van der Waals surface area contributed by atoms with Crippen molar-refractivity contribution in [3.63, 3.8) is 0 Å². The molecule has 7 heteroatoms. The minimum Gasteiger partial charge on any atom is -0.397 e. The summed E-state index contributed by atoms with van der Waals surface area (Å²) in [5.74, 6) is 1.89. The first-order valence-electron chi connectivity index (χ1n) is 10.5. The van der Waals surface area contributed by atoms with E-state index in [2.05, 4.69) is 34.3 Å². The minimum atomic E-state index is -0.173. The molecule has 0 fully saturated rings. The molecule has 1 aliphatic rings. The van der Waals surface area contributed by atoms with Gasteiger partial charge in [0.25, 0.3) is 5.91 Å². The van der Waals surface area contributed by atoms with Gasteiger partial charge in [-0.2, -0.15) is 0 Å². The summed E-state index contributed by atoms with van der Waals surface area (Å²) in [5, 5.41) is 7.45. The summed E-state index contributed by atoms with van der Waals surface area (Å²) in [4.78, 5) is 17.5. The Morgan fingerprint density at radius 3 is 2.77 bits per heavy atom. The second kappa shape index (κ2) is 9.75. The number of carbonyl (C=O) groups excluding carboxylic acids is 1. The van der Waals surface area contributed by atoms with E-state index in [1.807, 2.05) is 36.4 Å². The normalized spacial score (nSPS) is 14.1. The number of nitrogens with zero attached hydrogens (tertiary/aromatic N) is 2. The Hall–Kier alpha value is -3.19. The molecule has 1 amide bonds. The molecular weight excluding hydrogens is 406 g/mol. The van der Waals surface area contributed by atoms with Gasteiger partial charge in [-0.15, -0.1) is 0 Å². The molecule has 4 N–H and O–H groups in total. The molecule has 2 heterocycles. The average Bonchev–Trinajstić information content (AvgIpc) is 3.05. The molecule has 0 bridgehead atoms. The van der Waals surface area contributed by atoms with Crippen LogP contribution in [0.1, 0.15) is 35.0 Å². The van der Waals surface area contributed by atoms with Crippen molar-refractivity contribution in [2.45, 2.75) is 31.5 Å². The molecule has 6 nitrogen and oxygen atoms in total. The lowest BCUT2D eigenvalue weighted by Crippen LogP contribution is -2.14. The number of allylic oxidation sites excluding steroid dienone is 1. The first-order chi connectivity index (χ1) is 15.2. The first kappa shape index (κ1) is 21.1. The molecule has 3 aromatic rings. The van der Waals surface area contributed by atoms with Crippen molar-refractivity contribution >= 4 is 34.9 Å². The fourth-order valence-corrected chi connectivity index (χ4v) is 4.29. The predicted octanol–water partition coefficient (Wildman–Crippen LogP) is 4.79. The standard InChI is InChI=1S/C24H27N5OS/c1-2-31-24-28-21-10-4-3-7-15-26-22(21)29(24)16-17-11-13-18(14-12-17)23(30)27-20-9-6-5-8-19(20)25/h3-6,8-9,11-14,26H,2,7,10,15-16,25H2,1H3,(H,27,30)/b4-3-. The third-order valence-electron chi connectivity index (χ3n) is 5.13. The van der Waals surface area contributed by atoms with Gasteiger partial charge in [0.1, 0.15) is 5.82 Å². The van der Waals surface area contributed by atoms with Crippen LogP contribution in [0.2, 0.25) is 0 Å². The Bertz CT molecular complexity index is 1090. The molecule has 0 aliphatic carbocycles. The van der Waals surface area contributed by atoms with Gasteiger partial charge in [-0.1, -0.05) is 55.1 Å². The van der Waals surface area contributed by atoms with Crippen molar-refractivity contribution in [3.05, 3.63) is 77.5 Å². The van der Waals surface area contributed by atoms with Gasteiger partial charge in [0.2, 0.25) is 0 Å². The van der Waals surface area contributed by atoms with Gasteiger partial charge >= 0.3 is 0 Å². The highest BCUT2D eigenvalue weighted by atomic mass is 32.2. The summed E-state index contributed by atoms with van der Waals surface area (Å²) in [7, 11) is 0. The zero-order valence-electron chi connectivity index (χ0n) is 17.6. The van der Waals surface area contributed by atoms with Crippen LogP contribution in [0.15, 0.2) is 65.8 Å². The van der Waals surface area contributed by atoms with Gasteiger partial charge in [0, 0.05) is 18.5 Å². The van der Waals surface area contributed by atoms with Gasteiger partial charge in [0.15, 0.2) is 5.16 Å². The van der Waals surface area contributed by atoms with Crippen LogP contribution in [0.25, 0.3) is 0 Å². The highest BCUT2D eigenvalue weighted by molar-refractivity contribution is 7.99. The summed E-state index contributed by atoms with van der Waals surface area (Å²) in [5.41, 5.74) is 9.90. The molecule has 0 spiro atoms. The van der Waals surface area contributed by atoms with E-state index in [1.54, 1.807) is 23.9 Å². The van der Waals surface area contributed by atoms with Gasteiger partial charge in [-0.05, 0) is 42.0 Å². The number of para-hydroxylation sites is 2. The summed E-state index contributed by atoms with van der Waals surface area (Å²) >= 11 is 1.75. The lowest BCUT2D eigenvalue weighted by molar-refractivity contribution is 0.102. The number of aromatic nitrogens is 2. The van der Waals surface area contributed by atoms with Crippen molar-refractivity contribution in [2.24, 2.45) is 0 Å². The quantitative estimate of drug-likeness (QED) is 0.296. The van der Waals surface area contributed by atoms with Gasteiger partial charge < -0.3 is 20.9 Å². The van der Waals surface area contributed by atoms with Crippen LogP contribution in [0.5, 0.6) is 0 Å². The van der Waals surface area contributed by atoms with Crippen molar-refractivity contribution in [1.82, 2.24) is 9.55 Å². The molecular formula is C24H27N5OS. The lowest BCUT2D eigenvalue weighted by Gasteiger charge is -2.15. The van der Waals surface area contributed by atoms with Gasteiger partial charge in [-0.3, -0.25) is 4.79 Å². The Kier molecular flexibility index (Phi) is 6.62. The number of nitrogens with one attached hydrogen (secondary N) is 2. The van der Waals surface area contributed by atoms with Crippen LogP contribution < -0.4 is 16.4 Å². The lowest BCUT2D eigenvalue weighted by atomic mass is 10.1. The smallest absolute Gasteiger partial charge is 0.255 e. The molecule has 4 rings (SSSR count). The van der Waals surface area contributed by atoms with Crippen molar-refractivity contribution in [2.75, 3.05) is 28.7 Å². The maximum Gasteiger partial charge on any atom is 0.255 e. The second-order valence-electron chi connectivity index (χ2n) is 7.34. The predicted molar refractivity (Wildman–Crippen MR) is 129 cm³/mol. The zero-order valence-corrected chi connectivity index (χ0v) is 18.4. The van der Waals surface area contributed by atoms with Crippen LogP contribution in [0.3, 0.4) is 0 Å². The highest BCUT2D eigenvalue weighted by Crippen LogP contribution is 2.28. The van der Waals surface area contributed by atoms with E-state index in [9.17, 15) is 4.79 Å². The number of imidazole rings is 1. The van der Waals surface area contributed by atoms with Crippen LogP contribution in [-0.2, 0) is 13.0 Å². The Morgan fingerprint density at radius 1 is 1.19 bits per heavy atom. The number of nitrogens with two attached hydrogens (primary N) is 1. The van der Waals surface area contributed by atoms with Gasteiger partial charge in [0.05, 0.1) is 23.6 Å². The van der Waals surface area contributed by atoms with E-state index in [1.165, 1.54) is 0 Å². The number of rotatable bonds is 6. The van der Waals surface area contributed by atoms with Crippen LogP contribution in [-0.4, -0.2) is 27.8 Å². The fraction of sp³-hybridized carbons (Fsp3) is 0.250. The number of hydrogen-bond acceptors (Lipinski definition) is 5. The number of anilines is 3. The summed E-state index contributed by atoms with van der Waals surface area (Å²) in [6, 6.07) is 15.0. The van der Waals surface area contributed by atoms with E-state index in [4.69, 9.17) is 10.7 Å². The van der Waals surface area contributed by atoms with Crippen LogP contribution in [0, 0.1) is 0 Å². The van der Waals surface area contributed by atoms with E-state index in [0.717, 1.165) is 47.4 Å². The number of fused-ring (bicyclic) bond motifs is 1. The topological polar surface area (TPSA) is 85.0 Å². The summed E-state index contributed by atoms with van der Waals surface area (Å²) in [6.07, 6.45) is 6.25. The summed E-state index contributed by atoms with van der Waals surface area (Å²) in [6.45, 7) is 3.74. The zero-order chi connectivity index (χ0) is 21.6. The third-order valence-corrected chi connectivity index (χ3v) is 5.98. The highest BCUT2D eigenvalue weighted by Gasteiger charge is 2.17. The molecule has 31 heavy (non-hydrogen) atoms. The molecule has 0 saturated heterocycles. The Labute approximate surface area is 186 Å². The molecule has 0 unspecified atom stereocenters. The molecule has 160 valence electrons. The number of hydrogen-bond donors (Lipinski definition) is 3. The Morgan fingerprint density at radius 2 is 2.00 bits per heavy atom. The van der Waals surface area contributed by atoms with E-state index in [0.29, 0.717) is 23.5 Å². The number of benzene rings is 2. The van der Waals surface area contributed by atoms with Crippen LogP contribution in [0.4, 0.5) is 17.2 Å². The molecule has 1 aliphatic heterocycles. The number of carbonyl (C=O) groups is 1. The minimum absolute atomic E-state index is 0.173. The number of nitrogen functional groups attached to an aromatic ring is 1. The van der Waals surface area contributed by atoms with E-state index < -0.39 is 0 Å². The summed E-state index contributed by atoms with van der Waals surface area (Å²) < 4.78 is 2.25. The largest absolute Gasteiger partial charge is 0.397 e. The maximum atomic E-state index is 12.6. The van der Waals surface area contributed by atoms with Crippen molar-refractivity contribution < 1.29 is 4.79 Å². The van der Waals surface area contributed by atoms with E-state index >= 15 is 0 Å².